The van der Waals surface area contributed by atoms with E-state index >= 15 is 0 Å². The number of aliphatic hydroxyl groups excluding tert-OH is 1. The molecule has 0 aliphatic heterocycles. The topological polar surface area (TPSA) is 109 Å². The highest BCUT2D eigenvalue weighted by Gasteiger charge is 2.64. The highest BCUT2D eigenvalue weighted by Crippen LogP contribution is 2.50. The Hall–Kier alpha value is -2.43. The summed E-state index contributed by atoms with van der Waals surface area (Å²) in [4.78, 5) is 23.7. The SMILES string of the molecule is COC(=O)[C@@H]1C([C@@H](C#N)N[C@@H](CO)c2ccccc2)[C@H]1C(=O)OC. The second kappa shape index (κ2) is 7.90. The number of carbonyl (C=O) groups excluding carboxylic acids is 2. The van der Waals surface area contributed by atoms with Crippen molar-refractivity contribution < 1.29 is 24.2 Å². The van der Waals surface area contributed by atoms with E-state index in [0.717, 1.165) is 5.56 Å². The molecule has 0 saturated heterocycles. The van der Waals surface area contributed by atoms with Crippen LogP contribution in [0.4, 0.5) is 0 Å². The second-order valence-corrected chi connectivity index (χ2v) is 5.59. The molecule has 1 saturated carbocycles. The first-order valence-electron chi connectivity index (χ1n) is 7.56. The maximum absolute atomic E-state index is 11.8. The lowest BCUT2D eigenvalue weighted by molar-refractivity contribution is -0.148. The minimum absolute atomic E-state index is 0.222. The molecule has 1 aromatic rings. The standard InChI is InChI=1S/C17H20N2O5/c1-23-16(21)14-13(15(14)17(22)24-2)11(8-18)19-12(9-20)10-6-4-3-5-7-10/h3-7,11-15,19-20H,9H2,1-2H3/t11-,12+,14-,15-/m1/s1. The molecule has 4 atom stereocenters. The van der Waals surface area contributed by atoms with Crippen LogP contribution in [-0.2, 0) is 19.1 Å². The smallest absolute Gasteiger partial charge is 0.309 e. The highest BCUT2D eigenvalue weighted by atomic mass is 16.5. The average Bonchev–Trinajstić information content (AvgIpc) is 3.37. The van der Waals surface area contributed by atoms with Gasteiger partial charge in [0, 0.05) is 5.92 Å². The van der Waals surface area contributed by atoms with Gasteiger partial charge in [-0.15, -0.1) is 0 Å². The summed E-state index contributed by atoms with van der Waals surface area (Å²) >= 11 is 0. The lowest BCUT2D eigenvalue weighted by Crippen LogP contribution is -2.36. The van der Waals surface area contributed by atoms with Gasteiger partial charge < -0.3 is 14.6 Å². The van der Waals surface area contributed by atoms with E-state index in [0.29, 0.717) is 0 Å². The molecule has 0 unspecified atom stereocenters. The number of ether oxygens (including phenoxy) is 2. The van der Waals surface area contributed by atoms with Crippen molar-refractivity contribution in [2.24, 2.45) is 17.8 Å². The molecular weight excluding hydrogens is 312 g/mol. The quantitative estimate of drug-likeness (QED) is 0.696. The zero-order valence-electron chi connectivity index (χ0n) is 13.5. The van der Waals surface area contributed by atoms with Gasteiger partial charge in [0.1, 0.15) is 6.04 Å². The van der Waals surface area contributed by atoms with E-state index in [9.17, 15) is 20.0 Å². The Balaban J connectivity index is 2.16. The lowest BCUT2D eigenvalue weighted by Gasteiger charge is -2.20. The minimum atomic E-state index is -0.796. The number of benzene rings is 1. The van der Waals surface area contributed by atoms with Crippen LogP contribution in [0, 0.1) is 29.1 Å². The maximum atomic E-state index is 11.8. The number of nitrogens with zero attached hydrogens (tertiary/aromatic N) is 1. The van der Waals surface area contributed by atoms with Crippen LogP contribution in [0.25, 0.3) is 0 Å². The van der Waals surface area contributed by atoms with E-state index in [1.807, 2.05) is 30.3 Å². The molecule has 0 amide bonds. The summed E-state index contributed by atoms with van der Waals surface area (Å²) in [6, 6.07) is 9.95. The minimum Gasteiger partial charge on any atom is -0.469 e. The molecule has 0 radical (unpaired) electrons. The third-order valence-electron chi connectivity index (χ3n) is 4.31. The zero-order valence-corrected chi connectivity index (χ0v) is 13.5. The number of hydrogen-bond donors (Lipinski definition) is 2. The molecule has 0 bridgehead atoms. The summed E-state index contributed by atoms with van der Waals surface area (Å²) < 4.78 is 9.41. The van der Waals surface area contributed by atoms with Crippen LogP contribution in [0.3, 0.4) is 0 Å². The van der Waals surface area contributed by atoms with Crippen molar-refractivity contribution >= 4 is 11.9 Å². The Labute approximate surface area is 140 Å². The molecule has 7 heteroatoms. The highest BCUT2D eigenvalue weighted by molar-refractivity contribution is 5.88. The summed E-state index contributed by atoms with van der Waals surface area (Å²) in [7, 11) is 2.47. The Morgan fingerprint density at radius 1 is 1.21 bits per heavy atom. The molecular formula is C17H20N2O5. The Morgan fingerprint density at radius 3 is 2.17 bits per heavy atom. The molecule has 1 aromatic carbocycles. The normalized spacial score (nSPS) is 24.3. The molecule has 24 heavy (non-hydrogen) atoms. The molecule has 1 fully saturated rings. The molecule has 7 nitrogen and oxygen atoms in total. The van der Waals surface area contributed by atoms with Crippen molar-refractivity contribution in [1.29, 1.82) is 5.26 Å². The fraction of sp³-hybridized carbons (Fsp3) is 0.471. The number of nitriles is 1. The third-order valence-corrected chi connectivity index (χ3v) is 4.31. The van der Waals surface area contributed by atoms with Gasteiger partial charge >= 0.3 is 11.9 Å². The summed E-state index contributed by atoms with van der Waals surface area (Å²) in [5.74, 6) is -3.06. The fourth-order valence-electron chi connectivity index (χ4n) is 3.02. The fourth-order valence-corrected chi connectivity index (χ4v) is 3.02. The Bertz CT molecular complexity index is 606. The number of methoxy groups -OCH3 is 2. The van der Waals surface area contributed by atoms with Gasteiger partial charge in [0.15, 0.2) is 0 Å². The zero-order chi connectivity index (χ0) is 17.7. The van der Waals surface area contributed by atoms with Crippen LogP contribution in [0.2, 0.25) is 0 Å². The van der Waals surface area contributed by atoms with Crippen molar-refractivity contribution in [3.05, 3.63) is 35.9 Å². The van der Waals surface area contributed by atoms with E-state index in [2.05, 4.69) is 11.4 Å². The predicted molar refractivity (Wildman–Crippen MR) is 83.3 cm³/mol. The van der Waals surface area contributed by atoms with Gasteiger partial charge in [-0.1, -0.05) is 30.3 Å². The van der Waals surface area contributed by atoms with Crippen LogP contribution in [0.5, 0.6) is 0 Å². The van der Waals surface area contributed by atoms with E-state index in [1.54, 1.807) is 0 Å². The maximum Gasteiger partial charge on any atom is 0.309 e. The van der Waals surface area contributed by atoms with E-state index in [4.69, 9.17) is 9.47 Å². The van der Waals surface area contributed by atoms with Crippen molar-refractivity contribution in [2.75, 3.05) is 20.8 Å². The number of aliphatic hydroxyl groups is 1. The predicted octanol–water partition coefficient (Wildman–Crippen LogP) is 0.410. The van der Waals surface area contributed by atoms with Gasteiger partial charge in [-0.2, -0.15) is 5.26 Å². The third kappa shape index (κ3) is 3.55. The summed E-state index contributed by atoms with van der Waals surface area (Å²) in [5.41, 5.74) is 0.810. The van der Waals surface area contributed by atoms with Crippen LogP contribution in [0.15, 0.2) is 30.3 Å². The number of hydrogen-bond acceptors (Lipinski definition) is 7. The van der Waals surface area contributed by atoms with Gasteiger partial charge in [0.05, 0.1) is 44.8 Å². The van der Waals surface area contributed by atoms with Crippen molar-refractivity contribution in [1.82, 2.24) is 5.32 Å². The van der Waals surface area contributed by atoms with Crippen molar-refractivity contribution in [2.45, 2.75) is 12.1 Å². The van der Waals surface area contributed by atoms with E-state index in [-0.39, 0.29) is 6.61 Å². The number of nitrogens with one attached hydrogen (secondary N) is 1. The largest absolute Gasteiger partial charge is 0.469 e. The molecule has 1 aliphatic rings. The van der Waals surface area contributed by atoms with Gasteiger partial charge in [-0.25, -0.2) is 0 Å². The molecule has 1 aliphatic carbocycles. The first-order chi connectivity index (χ1) is 11.6. The van der Waals surface area contributed by atoms with Crippen LogP contribution in [0.1, 0.15) is 11.6 Å². The van der Waals surface area contributed by atoms with Gasteiger partial charge in [-0.05, 0) is 5.56 Å². The van der Waals surface area contributed by atoms with Gasteiger partial charge in [0.2, 0.25) is 0 Å². The van der Waals surface area contributed by atoms with Crippen molar-refractivity contribution in [3.63, 3.8) is 0 Å². The van der Waals surface area contributed by atoms with Crippen LogP contribution in [-0.4, -0.2) is 43.9 Å². The number of carbonyl (C=O) groups is 2. The number of esters is 2. The molecule has 2 rings (SSSR count). The first kappa shape index (κ1) is 17.9. The Morgan fingerprint density at radius 2 is 1.75 bits per heavy atom. The van der Waals surface area contributed by atoms with Gasteiger partial charge in [-0.3, -0.25) is 14.9 Å². The van der Waals surface area contributed by atoms with Crippen molar-refractivity contribution in [3.8, 4) is 6.07 Å². The monoisotopic (exact) mass is 332 g/mol. The van der Waals surface area contributed by atoms with E-state index in [1.165, 1.54) is 14.2 Å². The molecule has 2 N–H and O–H groups in total. The summed E-state index contributed by atoms with van der Waals surface area (Å²) in [5, 5.41) is 22.1. The molecule has 128 valence electrons. The summed E-state index contributed by atoms with van der Waals surface area (Å²) in [6.07, 6.45) is 0. The van der Waals surface area contributed by atoms with Gasteiger partial charge in [0.25, 0.3) is 0 Å². The molecule has 0 aromatic heterocycles. The van der Waals surface area contributed by atoms with Crippen LogP contribution < -0.4 is 5.32 Å². The second-order valence-electron chi connectivity index (χ2n) is 5.59. The average molecular weight is 332 g/mol. The molecule has 0 spiro atoms. The lowest BCUT2D eigenvalue weighted by atomic mass is 10.0. The van der Waals surface area contributed by atoms with Crippen LogP contribution >= 0.6 is 0 Å². The Kier molecular flexibility index (Phi) is 5.90. The summed E-state index contributed by atoms with van der Waals surface area (Å²) in [6.45, 7) is -0.222. The number of rotatable bonds is 7. The first-order valence-corrected chi connectivity index (χ1v) is 7.56. The molecule has 0 heterocycles. The van der Waals surface area contributed by atoms with E-state index < -0.39 is 41.8 Å².